The van der Waals surface area contributed by atoms with Crippen LogP contribution >= 0.6 is 23.2 Å². The summed E-state index contributed by atoms with van der Waals surface area (Å²) in [5.41, 5.74) is 3.06. The largest absolute Gasteiger partial charge is 0.466 e. The molecule has 2 saturated heterocycles. The summed E-state index contributed by atoms with van der Waals surface area (Å²) >= 11 is 12.6. The number of hydrogen-bond acceptors (Lipinski definition) is 8. The second-order valence-electron chi connectivity index (χ2n) is 10.1. The number of aryl methyl sites for hydroxylation is 1. The molecular weight excluding hydrogens is 527 g/mol. The number of piperidine rings is 1. The average Bonchev–Trinajstić information content (AvgIpc) is 3.52. The number of benzene rings is 1. The number of hydrogen-bond donors (Lipinski definition) is 1. The quantitative estimate of drug-likeness (QED) is 0.428. The van der Waals surface area contributed by atoms with Crippen molar-refractivity contribution in [2.24, 2.45) is 5.92 Å². The molecule has 1 N–H and O–H groups in total. The van der Waals surface area contributed by atoms with Gasteiger partial charge in [-0.3, -0.25) is 9.69 Å². The minimum absolute atomic E-state index is 0.0291. The molecule has 2 aromatic heterocycles. The first-order chi connectivity index (χ1) is 18.3. The number of carbonyl (C=O) groups is 1. The van der Waals surface area contributed by atoms with Crippen LogP contribution in [0.25, 0.3) is 11.2 Å². The highest BCUT2D eigenvalue weighted by Gasteiger charge is 2.42. The van der Waals surface area contributed by atoms with Crippen molar-refractivity contribution < 1.29 is 14.6 Å². The molecule has 0 aliphatic carbocycles. The zero-order valence-corrected chi connectivity index (χ0v) is 23.5. The number of likely N-dealkylation sites (tertiary alicyclic amines) is 1. The predicted octanol–water partition coefficient (Wildman–Crippen LogP) is 4.27. The highest BCUT2D eigenvalue weighted by molar-refractivity contribution is 6.35. The molecular formula is C27H34Cl2N6O3. The fourth-order valence-electron chi connectivity index (χ4n) is 5.95. The maximum absolute atomic E-state index is 13.1. The third kappa shape index (κ3) is 5.09. The topological polar surface area (TPSA) is 96.6 Å². The molecule has 11 heteroatoms. The molecule has 0 radical (unpaired) electrons. The van der Waals surface area contributed by atoms with E-state index in [-0.39, 0.29) is 36.6 Å². The molecule has 0 saturated carbocycles. The van der Waals surface area contributed by atoms with Crippen molar-refractivity contribution >= 4 is 46.2 Å². The van der Waals surface area contributed by atoms with Crippen molar-refractivity contribution in [1.82, 2.24) is 24.6 Å². The van der Waals surface area contributed by atoms with E-state index < -0.39 is 0 Å². The summed E-state index contributed by atoms with van der Waals surface area (Å²) in [6.07, 6.45) is 4.51. The SMILES string of the molecule is CCOC(=O)C1CN(c2cnc3c(C)nn(C(C)c4ccc(Cl)cc4Cl)c3n2)CCC1N1CCC[C@H]1CO. The summed E-state index contributed by atoms with van der Waals surface area (Å²) in [6, 6.07) is 5.38. The van der Waals surface area contributed by atoms with E-state index in [9.17, 15) is 9.90 Å². The molecule has 204 valence electrons. The molecule has 0 amide bonds. The van der Waals surface area contributed by atoms with Crippen LogP contribution in [0.4, 0.5) is 5.82 Å². The number of halogens is 2. The van der Waals surface area contributed by atoms with Gasteiger partial charge in [0.15, 0.2) is 5.65 Å². The van der Waals surface area contributed by atoms with Gasteiger partial charge in [0.25, 0.3) is 0 Å². The molecule has 2 aliphatic rings. The Bertz CT molecular complexity index is 1320. The third-order valence-electron chi connectivity index (χ3n) is 7.89. The second-order valence-corrected chi connectivity index (χ2v) is 11.0. The molecule has 0 bridgehead atoms. The Morgan fingerprint density at radius 2 is 2.08 bits per heavy atom. The third-order valence-corrected chi connectivity index (χ3v) is 8.45. The number of rotatable bonds is 7. The molecule has 3 unspecified atom stereocenters. The average molecular weight is 562 g/mol. The van der Waals surface area contributed by atoms with E-state index in [0.29, 0.717) is 34.7 Å². The minimum atomic E-state index is -0.341. The lowest BCUT2D eigenvalue weighted by atomic mass is 9.90. The molecule has 3 aromatic rings. The summed E-state index contributed by atoms with van der Waals surface area (Å²) in [5, 5.41) is 15.8. The predicted molar refractivity (Wildman–Crippen MR) is 148 cm³/mol. The van der Waals surface area contributed by atoms with Gasteiger partial charge < -0.3 is 14.7 Å². The van der Waals surface area contributed by atoms with Crippen molar-refractivity contribution in [2.45, 2.75) is 58.2 Å². The van der Waals surface area contributed by atoms with Gasteiger partial charge in [0.05, 0.1) is 37.1 Å². The number of nitrogens with zero attached hydrogens (tertiary/aromatic N) is 6. The van der Waals surface area contributed by atoms with E-state index in [4.69, 9.17) is 43.0 Å². The van der Waals surface area contributed by atoms with Crippen molar-refractivity contribution in [3.05, 3.63) is 45.7 Å². The molecule has 1 aromatic carbocycles. The van der Waals surface area contributed by atoms with Crippen LogP contribution in [0.1, 0.15) is 50.4 Å². The van der Waals surface area contributed by atoms with Crippen LogP contribution in [0.15, 0.2) is 24.4 Å². The normalized spacial score (nSPS) is 23.2. The van der Waals surface area contributed by atoms with Gasteiger partial charge in [-0.05, 0) is 64.3 Å². The van der Waals surface area contributed by atoms with Crippen molar-refractivity contribution in [1.29, 1.82) is 0 Å². The molecule has 0 spiro atoms. The molecule has 4 heterocycles. The van der Waals surface area contributed by atoms with Gasteiger partial charge in [0.2, 0.25) is 0 Å². The fourth-order valence-corrected chi connectivity index (χ4v) is 6.52. The van der Waals surface area contributed by atoms with Gasteiger partial charge in [-0.25, -0.2) is 14.6 Å². The number of aromatic nitrogens is 4. The van der Waals surface area contributed by atoms with Crippen molar-refractivity contribution in [3.8, 4) is 0 Å². The molecule has 2 aliphatic heterocycles. The van der Waals surface area contributed by atoms with E-state index in [1.807, 2.05) is 37.6 Å². The maximum Gasteiger partial charge on any atom is 0.312 e. The Morgan fingerprint density at radius 3 is 2.82 bits per heavy atom. The van der Waals surface area contributed by atoms with Crippen LogP contribution < -0.4 is 4.90 Å². The molecule has 38 heavy (non-hydrogen) atoms. The molecule has 5 rings (SSSR count). The fraction of sp³-hybridized carbons (Fsp3) is 0.556. The van der Waals surface area contributed by atoms with Crippen molar-refractivity contribution in [2.75, 3.05) is 37.7 Å². The van der Waals surface area contributed by atoms with Gasteiger partial charge in [0, 0.05) is 35.2 Å². The number of aliphatic hydroxyl groups excluding tert-OH is 1. The van der Waals surface area contributed by atoms with Crippen LogP contribution in [0.2, 0.25) is 10.0 Å². The van der Waals surface area contributed by atoms with E-state index in [1.165, 1.54) is 0 Å². The van der Waals surface area contributed by atoms with E-state index in [2.05, 4.69) is 9.80 Å². The first kappa shape index (κ1) is 27.1. The van der Waals surface area contributed by atoms with Gasteiger partial charge in [0.1, 0.15) is 11.3 Å². The lowest BCUT2D eigenvalue weighted by Crippen LogP contribution is -2.56. The van der Waals surface area contributed by atoms with Crippen LogP contribution in [0.5, 0.6) is 0 Å². The number of anilines is 1. The number of fused-ring (bicyclic) bond motifs is 1. The van der Waals surface area contributed by atoms with E-state index in [0.717, 1.165) is 49.1 Å². The van der Waals surface area contributed by atoms with Crippen molar-refractivity contribution in [3.63, 3.8) is 0 Å². The van der Waals surface area contributed by atoms with Gasteiger partial charge in [-0.15, -0.1) is 0 Å². The number of aliphatic hydroxyl groups is 1. The Kier molecular flexibility index (Phi) is 8.09. The van der Waals surface area contributed by atoms with E-state index in [1.54, 1.807) is 12.3 Å². The molecule has 9 nitrogen and oxygen atoms in total. The summed E-state index contributed by atoms with van der Waals surface area (Å²) in [6.45, 7) is 8.30. The van der Waals surface area contributed by atoms with Crippen LogP contribution in [0, 0.1) is 12.8 Å². The summed E-state index contributed by atoms with van der Waals surface area (Å²) in [4.78, 5) is 27.2. The lowest BCUT2D eigenvalue weighted by Gasteiger charge is -2.43. The number of esters is 1. The Balaban J connectivity index is 1.46. The highest BCUT2D eigenvalue weighted by Crippen LogP contribution is 2.34. The first-order valence-corrected chi connectivity index (χ1v) is 14.0. The second kappa shape index (κ2) is 11.3. The Labute approximate surface area is 232 Å². The number of carbonyl (C=O) groups excluding carboxylic acids is 1. The van der Waals surface area contributed by atoms with E-state index >= 15 is 0 Å². The Morgan fingerprint density at radius 1 is 1.26 bits per heavy atom. The van der Waals surface area contributed by atoms with Crippen LogP contribution in [-0.2, 0) is 9.53 Å². The Hall–Kier alpha value is -2.46. The standard InChI is InChI=1S/C27H34Cl2N6O3/c1-4-38-27(37)21-14-33(11-9-23(21)34-10-5-6-19(34)15-36)24-13-30-25-16(2)32-35(26(25)31-24)17(3)20-8-7-18(28)12-22(20)29/h7-8,12-13,17,19,21,23,36H,4-6,9-11,14-15H2,1-3H3/t17?,19-,21?,23?/m0/s1. The first-order valence-electron chi connectivity index (χ1n) is 13.3. The zero-order chi connectivity index (χ0) is 27.0. The molecule has 2 fully saturated rings. The summed E-state index contributed by atoms with van der Waals surface area (Å²) < 4.78 is 7.34. The maximum atomic E-state index is 13.1. The highest BCUT2D eigenvalue weighted by atomic mass is 35.5. The van der Waals surface area contributed by atoms with Gasteiger partial charge in [-0.1, -0.05) is 29.3 Å². The summed E-state index contributed by atoms with van der Waals surface area (Å²) in [7, 11) is 0. The zero-order valence-electron chi connectivity index (χ0n) is 22.0. The summed E-state index contributed by atoms with van der Waals surface area (Å²) in [5.74, 6) is 0.152. The monoisotopic (exact) mass is 560 g/mol. The molecule has 4 atom stereocenters. The van der Waals surface area contributed by atoms with Crippen LogP contribution in [0.3, 0.4) is 0 Å². The minimum Gasteiger partial charge on any atom is -0.466 e. The van der Waals surface area contributed by atoms with Gasteiger partial charge >= 0.3 is 5.97 Å². The van der Waals surface area contributed by atoms with Crippen LogP contribution in [-0.4, -0.2) is 80.7 Å². The smallest absolute Gasteiger partial charge is 0.312 e. The lowest BCUT2D eigenvalue weighted by molar-refractivity contribution is -0.151. The van der Waals surface area contributed by atoms with Gasteiger partial charge in [-0.2, -0.15) is 5.10 Å². The number of ether oxygens (including phenoxy) is 1.